The molecule has 0 heterocycles. The highest BCUT2D eigenvalue weighted by Crippen LogP contribution is 2.21. The van der Waals surface area contributed by atoms with Crippen molar-refractivity contribution in [3.05, 3.63) is 0 Å². The Kier molecular flexibility index (Phi) is 37.4. The van der Waals surface area contributed by atoms with E-state index in [1.54, 1.807) is 0 Å². The molecule has 0 aromatic heterocycles. The topological polar surface area (TPSA) is 57.5 Å². The highest BCUT2D eigenvalue weighted by atomic mass is 16.4. The van der Waals surface area contributed by atoms with E-state index in [9.17, 15) is 15.0 Å². The van der Waals surface area contributed by atoms with Crippen LogP contribution in [0.5, 0.6) is 0 Å². The molecular formula is C42H84O3. The zero-order chi connectivity index (χ0) is 32.9. The molecule has 0 aliphatic rings. The maximum absolute atomic E-state index is 11.7. The second-order valence-electron chi connectivity index (χ2n) is 14.8. The van der Waals surface area contributed by atoms with Gasteiger partial charge in [-0.05, 0) is 25.7 Å². The van der Waals surface area contributed by atoms with Gasteiger partial charge in [0.15, 0.2) is 0 Å². The molecule has 0 spiro atoms. The first-order valence-electron chi connectivity index (χ1n) is 21.0. The second kappa shape index (κ2) is 37.9. The maximum atomic E-state index is 11.7. The Morgan fingerprint density at radius 3 is 0.800 bits per heavy atom. The van der Waals surface area contributed by atoms with Crippen LogP contribution in [0.3, 0.4) is 0 Å². The van der Waals surface area contributed by atoms with Crippen molar-refractivity contribution in [2.24, 2.45) is 5.92 Å². The number of carboxylic acids is 1. The molecule has 45 heavy (non-hydrogen) atoms. The zero-order valence-electron chi connectivity index (χ0n) is 31.1. The molecule has 0 fully saturated rings. The van der Waals surface area contributed by atoms with Gasteiger partial charge in [0.2, 0.25) is 0 Å². The average molecular weight is 637 g/mol. The molecule has 0 aliphatic heterocycles. The van der Waals surface area contributed by atoms with Crippen LogP contribution >= 0.6 is 0 Å². The lowest BCUT2D eigenvalue weighted by Crippen LogP contribution is -2.13. The summed E-state index contributed by atoms with van der Waals surface area (Å²) >= 11 is 0. The van der Waals surface area contributed by atoms with E-state index < -0.39 is 5.97 Å². The van der Waals surface area contributed by atoms with Crippen LogP contribution in [0.4, 0.5) is 0 Å². The van der Waals surface area contributed by atoms with E-state index in [0.29, 0.717) is 0 Å². The molecule has 0 aromatic rings. The Morgan fingerprint density at radius 1 is 0.356 bits per heavy atom. The van der Waals surface area contributed by atoms with Crippen LogP contribution in [0.1, 0.15) is 251 Å². The van der Waals surface area contributed by atoms with Gasteiger partial charge in [0, 0.05) is 0 Å². The Hall–Kier alpha value is -0.570. The molecule has 0 amide bonds. The van der Waals surface area contributed by atoms with Crippen LogP contribution in [0.15, 0.2) is 0 Å². The predicted molar refractivity (Wildman–Crippen MR) is 199 cm³/mol. The summed E-state index contributed by atoms with van der Waals surface area (Å²) in [5, 5.41) is 19.7. The van der Waals surface area contributed by atoms with Gasteiger partial charge < -0.3 is 10.2 Å². The largest absolute Gasteiger partial charge is 0.481 e. The number of rotatable bonds is 39. The molecule has 0 aliphatic carbocycles. The fourth-order valence-electron chi connectivity index (χ4n) is 7.00. The highest BCUT2D eigenvalue weighted by Gasteiger charge is 2.16. The first-order chi connectivity index (χ1) is 22.1. The van der Waals surface area contributed by atoms with E-state index in [2.05, 4.69) is 13.8 Å². The second-order valence-corrected chi connectivity index (χ2v) is 14.8. The molecule has 270 valence electrons. The summed E-state index contributed by atoms with van der Waals surface area (Å²) in [6.45, 7) is 4.52. The van der Waals surface area contributed by atoms with Crippen LogP contribution < -0.4 is 0 Å². The maximum Gasteiger partial charge on any atom is 0.306 e. The van der Waals surface area contributed by atoms with E-state index in [4.69, 9.17) is 0 Å². The minimum Gasteiger partial charge on any atom is -0.481 e. The predicted octanol–water partition coefficient (Wildman–Crippen LogP) is 14.5. The minimum atomic E-state index is -0.577. The lowest BCUT2D eigenvalue weighted by molar-refractivity contribution is -0.142. The Morgan fingerprint density at radius 2 is 0.556 bits per heavy atom. The van der Waals surface area contributed by atoms with Crippen LogP contribution in [0.2, 0.25) is 0 Å². The molecule has 2 N–H and O–H groups in total. The fourth-order valence-corrected chi connectivity index (χ4v) is 7.00. The van der Waals surface area contributed by atoms with Crippen molar-refractivity contribution < 1.29 is 15.0 Å². The van der Waals surface area contributed by atoms with E-state index in [-0.39, 0.29) is 12.0 Å². The average Bonchev–Trinajstić information content (AvgIpc) is 3.03. The van der Waals surface area contributed by atoms with Gasteiger partial charge in [0.05, 0.1) is 12.0 Å². The Bertz CT molecular complexity index is 562. The monoisotopic (exact) mass is 637 g/mol. The molecular weight excluding hydrogens is 552 g/mol. The van der Waals surface area contributed by atoms with Crippen molar-refractivity contribution in [3.63, 3.8) is 0 Å². The van der Waals surface area contributed by atoms with Gasteiger partial charge in [-0.15, -0.1) is 0 Å². The third-order valence-corrected chi connectivity index (χ3v) is 10.2. The molecule has 0 radical (unpaired) electrons. The molecule has 3 nitrogen and oxygen atoms in total. The third kappa shape index (κ3) is 36.1. The van der Waals surface area contributed by atoms with Crippen LogP contribution in [0, 0.1) is 5.92 Å². The summed E-state index contributed by atoms with van der Waals surface area (Å²) in [7, 11) is 0. The number of hydrogen-bond acceptors (Lipinski definition) is 2. The lowest BCUT2D eigenvalue weighted by Gasteiger charge is -2.12. The molecule has 0 rings (SSSR count). The summed E-state index contributed by atoms with van der Waals surface area (Å²) < 4.78 is 0. The van der Waals surface area contributed by atoms with E-state index in [0.717, 1.165) is 44.9 Å². The molecule has 0 saturated heterocycles. The molecule has 3 heteroatoms. The van der Waals surface area contributed by atoms with Gasteiger partial charge in [-0.1, -0.05) is 226 Å². The summed E-state index contributed by atoms with van der Waals surface area (Å²) in [5.74, 6) is -0.708. The first kappa shape index (κ1) is 44.4. The number of aliphatic hydroxyl groups is 1. The van der Waals surface area contributed by atoms with Crippen molar-refractivity contribution in [2.75, 3.05) is 0 Å². The normalized spacial score (nSPS) is 13.0. The van der Waals surface area contributed by atoms with Gasteiger partial charge in [-0.3, -0.25) is 4.79 Å². The summed E-state index contributed by atoms with van der Waals surface area (Å²) in [5.41, 5.74) is 0. The molecule has 2 atom stereocenters. The number of aliphatic hydroxyl groups excluding tert-OH is 1. The fraction of sp³-hybridized carbons (Fsp3) is 0.976. The molecule has 2 unspecified atom stereocenters. The SMILES string of the molecule is CCCCCCCCCCCCCCCCCCCCCCCCC(CCCCCCCCCC(O)CCCCCC)C(=O)O. The van der Waals surface area contributed by atoms with Crippen molar-refractivity contribution in [1.29, 1.82) is 0 Å². The van der Waals surface area contributed by atoms with Gasteiger partial charge in [0.1, 0.15) is 0 Å². The number of carbonyl (C=O) groups is 1. The van der Waals surface area contributed by atoms with Crippen LogP contribution in [-0.2, 0) is 4.79 Å². The molecule has 0 saturated carbocycles. The van der Waals surface area contributed by atoms with E-state index >= 15 is 0 Å². The summed E-state index contributed by atoms with van der Waals surface area (Å²) in [6.07, 6.45) is 47.6. The third-order valence-electron chi connectivity index (χ3n) is 10.2. The quantitative estimate of drug-likeness (QED) is 0.0660. The molecule has 0 aromatic carbocycles. The van der Waals surface area contributed by atoms with Gasteiger partial charge in [-0.2, -0.15) is 0 Å². The first-order valence-corrected chi connectivity index (χ1v) is 21.0. The van der Waals surface area contributed by atoms with Crippen LogP contribution in [0.25, 0.3) is 0 Å². The highest BCUT2D eigenvalue weighted by molar-refractivity contribution is 5.69. The van der Waals surface area contributed by atoms with Crippen LogP contribution in [-0.4, -0.2) is 22.3 Å². The number of carboxylic acid groups (broad SMARTS) is 1. The van der Waals surface area contributed by atoms with Gasteiger partial charge in [0.25, 0.3) is 0 Å². The number of hydrogen-bond donors (Lipinski definition) is 2. The van der Waals surface area contributed by atoms with Crippen molar-refractivity contribution in [3.8, 4) is 0 Å². The van der Waals surface area contributed by atoms with Crippen molar-refractivity contribution in [1.82, 2.24) is 0 Å². The number of unbranched alkanes of at least 4 members (excludes halogenated alkanes) is 30. The smallest absolute Gasteiger partial charge is 0.306 e. The lowest BCUT2D eigenvalue weighted by atomic mass is 9.94. The summed E-state index contributed by atoms with van der Waals surface area (Å²) in [4.78, 5) is 11.7. The number of aliphatic carboxylic acids is 1. The zero-order valence-corrected chi connectivity index (χ0v) is 31.1. The standard InChI is InChI=1S/C42H84O3/c1-3-5-7-9-10-11-12-13-14-15-16-17-18-19-20-21-22-23-24-26-29-32-36-40(42(44)45)37-33-30-27-25-28-31-35-39-41(43)38-34-8-6-4-2/h40-41,43H,3-39H2,1-2H3,(H,44,45). The van der Waals surface area contributed by atoms with Gasteiger partial charge >= 0.3 is 5.97 Å². The van der Waals surface area contributed by atoms with Crippen molar-refractivity contribution in [2.45, 2.75) is 258 Å². The molecule has 0 bridgehead atoms. The van der Waals surface area contributed by atoms with Gasteiger partial charge in [-0.25, -0.2) is 0 Å². The Balaban J connectivity index is 3.38. The summed E-state index contributed by atoms with van der Waals surface area (Å²) in [6, 6.07) is 0. The Labute approximate surface area is 283 Å². The van der Waals surface area contributed by atoms with Crippen molar-refractivity contribution >= 4 is 5.97 Å². The van der Waals surface area contributed by atoms with E-state index in [1.165, 1.54) is 193 Å². The minimum absolute atomic E-state index is 0.0941. The van der Waals surface area contributed by atoms with E-state index in [1.807, 2.05) is 0 Å².